The molecule has 0 aromatic heterocycles. The van der Waals surface area contributed by atoms with Gasteiger partial charge < -0.3 is 9.84 Å². The van der Waals surface area contributed by atoms with Gasteiger partial charge in [0.1, 0.15) is 5.75 Å². The molecule has 19 heavy (non-hydrogen) atoms. The van der Waals surface area contributed by atoms with Gasteiger partial charge in [0.2, 0.25) is 0 Å². The number of hydrogen-bond donors (Lipinski definition) is 1. The van der Waals surface area contributed by atoms with E-state index in [9.17, 15) is 9.59 Å². The number of thioether (sulfide) groups is 1. The van der Waals surface area contributed by atoms with E-state index in [1.54, 1.807) is 12.1 Å². The van der Waals surface area contributed by atoms with Crippen LogP contribution >= 0.6 is 24.0 Å². The topological polar surface area (TPSA) is 63.6 Å². The number of hydrogen-bond acceptors (Lipinski definition) is 5. The Kier molecular flexibility index (Phi) is 4.55. The zero-order chi connectivity index (χ0) is 13.8. The quantitative estimate of drug-likeness (QED) is 0.840. The number of aliphatic carboxylic acids is 1. The predicted octanol–water partition coefficient (Wildman–Crippen LogP) is 2.09. The highest BCUT2D eigenvalue weighted by molar-refractivity contribution is 8.24. The number of rotatable bonds is 5. The SMILES string of the molecule is O=C(O)COc1ccccc1C[C@H]1SC(=S)CC1=O. The van der Waals surface area contributed by atoms with Gasteiger partial charge in [-0.15, -0.1) is 11.8 Å². The van der Waals surface area contributed by atoms with Gasteiger partial charge in [-0.1, -0.05) is 30.4 Å². The molecule has 1 aliphatic heterocycles. The minimum atomic E-state index is -1.03. The number of benzene rings is 1. The van der Waals surface area contributed by atoms with Crippen molar-refractivity contribution in [3.63, 3.8) is 0 Å². The Morgan fingerprint density at radius 3 is 2.84 bits per heavy atom. The summed E-state index contributed by atoms with van der Waals surface area (Å²) in [6, 6.07) is 7.16. The highest BCUT2D eigenvalue weighted by Crippen LogP contribution is 2.31. The van der Waals surface area contributed by atoms with Crippen LogP contribution in [0.5, 0.6) is 5.75 Å². The Balaban J connectivity index is 2.09. The van der Waals surface area contributed by atoms with Gasteiger partial charge in [-0.25, -0.2) is 4.79 Å². The molecule has 0 aliphatic carbocycles. The van der Waals surface area contributed by atoms with Gasteiger partial charge in [0.05, 0.1) is 9.45 Å². The second-order valence-corrected chi connectivity index (χ2v) is 6.16. The Bertz CT molecular complexity index is 527. The summed E-state index contributed by atoms with van der Waals surface area (Å²) >= 11 is 6.45. The Morgan fingerprint density at radius 2 is 2.21 bits per heavy atom. The molecule has 0 radical (unpaired) electrons. The van der Waals surface area contributed by atoms with E-state index >= 15 is 0 Å². The van der Waals surface area contributed by atoms with Crippen LogP contribution in [-0.4, -0.2) is 32.9 Å². The lowest BCUT2D eigenvalue weighted by atomic mass is 10.1. The largest absolute Gasteiger partial charge is 0.482 e. The number of carbonyl (C=O) groups excluding carboxylic acids is 1. The molecule has 0 bridgehead atoms. The third-order valence-electron chi connectivity index (χ3n) is 2.68. The number of ether oxygens (including phenoxy) is 1. The fourth-order valence-electron chi connectivity index (χ4n) is 1.83. The van der Waals surface area contributed by atoms with E-state index < -0.39 is 5.97 Å². The summed E-state index contributed by atoms with van der Waals surface area (Å²) in [6.45, 7) is -0.388. The maximum atomic E-state index is 11.7. The molecule has 0 amide bonds. The molecule has 4 nitrogen and oxygen atoms in total. The van der Waals surface area contributed by atoms with Crippen LogP contribution < -0.4 is 4.74 Å². The van der Waals surface area contributed by atoms with Gasteiger partial charge in [-0.2, -0.15) is 0 Å². The molecular formula is C13H12O4S2. The van der Waals surface area contributed by atoms with Crippen LogP contribution in [0.25, 0.3) is 0 Å². The van der Waals surface area contributed by atoms with Crippen LogP contribution in [0.15, 0.2) is 24.3 Å². The summed E-state index contributed by atoms with van der Waals surface area (Å²) in [5.74, 6) is -0.388. The van der Waals surface area contributed by atoms with Crippen molar-refractivity contribution in [1.82, 2.24) is 0 Å². The number of thiocarbonyl (C=S) groups is 1. The van der Waals surface area contributed by atoms with Crippen molar-refractivity contribution in [1.29, 1.82) is 0 Å². The summed E-state index contributed by atoms with van der Waals surface area (Å²) in [5, 5.41) is 8.45. The number of Topliss-reactive ketones (excluding diaryl/α,β-unsaturated/α-hetero) is 1. The van der Waals surface area contributed by atoms with E-state index in [0.29, 0.717) is 18.6 Å². The minimum absolute atomic E-state index is 0.128. The summed E-state index contributed by atoms with van der Waals surface area (Å²) in [6.07, 6.45) is 0.863. The predicted molar refractivity (Wildman–Crippen MR) is 76.9 cm³/mol. The normalized spacial score (nSPS) is 18.6. The zero-order valence-electron chi connectivity index (χ0n) is 10.00. The zero-order valence-corrected chi connectivity index (χ0v) is 11.6. The number of carboxylic acids is 1. The minimum Gasteiger partial charge on any atom is -0.482 e. The van der Waals surface area contributed by atoms with Crippen molar-refractivity contribution in [3.8, 4) is 5.75 Å². The molecule has 1 aromatic carbocycles. The van der Waals surface area contributed by atoms with Crippen molar-refractivity contribution in [2.75, 3.05) is 6.61 Å². The molecule has 1 saturated heterocycles. The van der Waals surface area contributed by atoms with Gasteiger partial charge in [0.25, 0.3) is 0 Å². The molecule has 1 aliphatic rings. The van der Waals surface area contributed by atoms with E-state index in [0.717, 1.165) is 9.76 Å². The first kappa shape index (κ1) is 14.0. The summed E-state index contributed by atoms with van der Waals surface area (Å²) in [5.41, 5.74) is 0.833. The van der Waals surface area contributed by atoms with Gasteiger partial charge in [-0.3, -0.25) is 4.79 Å². The van der Waals surface area contributed by atoms with E-state index in [2.05, 4.69) is 0 Å². The molecule has 1 N–H and O–H groups in total. The average Bonchev–Trinajstić information content (AvgIpc) is 2.67. The highest BCUT2D eigenvalue weighted by Gasteiger charge is 2.29. The molecule has 0 saturated carbocycles. The van der Waals surface area contributed by atoms with Crippen molar-refractivity contribution >= 4 is 39.9 Å². The Hall–Kier alpha value is -1.40. The Morgan fingerprint density at radius 1 is 1.47 bits per heavy atom. The molecule has 6 heteroatoms. The average molecular weight is 296 g/mol. The molecule has 1 heterocycles. The van der Waals surface area contributed by atoms with Crippen LogP contribution in [-0.2, 0) is 16.0 Å². The van der Waals surface area contributed by atoms with E-state index in [1.807, 2.05) is 12.1 Å². The van der Waals surface area contributed by atoms with Gasteiger partial charge in [0.15, 0.2) is 12.4 Å². The van der Waals surface area contributed by atoms with E-state index in [4.69, 9.17) is 22.1 Å². The standard InChI is InChI=1S/C13H12O4S2/c14-9-6-13(18)19-11(9)5-8-3-1-2-4-10(8)17-7-12(15)16/h1-4,11H,5-7H2,(H,15,16)/t11-/m1/s1. The first-order chi connectivity index (χ1) is 9.06. The van der Waals surface area contributed by atoms with Crippen LogP contribution in [0.1, 0.15) is 12.0 Å². The first-order valence-corrected chi connectivity index (χ1v) is 6.99. The van der Waals surface area contributed by atoms with Crippen LogP contribution in [0.3, 0.4) is 0 Å². The maximum absolute atomic E-state index is 11.7. The van der Waals surface area contributed by atoms with E-state index in [-0.39, 0.29) is 17.6 Å². The van der Waals surface area contributed by atoms with Gasteiger partial charge >= 0.3 is 5.97 Å². The second-order valence-electron chi connectivity index (χ2n) is 4.12. The highest BCUT2D eigenvalue weighted by atomic mass is 32.2. The second kappa shape index (κ2) is 6.16. The number of carboxylic acid groups (broad SMARTS) is 1. The van der Waals surface area contributed by atoms with Crippen LogP contribution in [0.4, 0.5) is 0 Å². The lowest BCUT2D eigenvalue weighted by molar-refractivity contribution is -0.139. The smallest absolute Gasteiger partial charge is 0.341 e. The van der Waals surface area contributed by atoms with Crippen LogP contribution in [0.2, 0.25) is 0 Å². The third-order valence-corrected chi connectivity index (χ3v) is 4.23. The third kappa shape index (κ3) is 3.78. The van der Waals surface area contributed by atoms with Crippen LogP contribution in [0, 0.1) is 0 Å². The molecular weight excluding hydrogens is 284 g/mol. The monoisotopic (exact) mass is 296 g/mol. The number of carbonyl (C=O) groups is 2. The molecule has 1 atom stereocenters. The number of para-hydroxylation sites is 1. The molecule has 1 aromatic rings. The lowest BCUT2D eigenvalue weighted by Crippen LogP contribution is -2.15. The molecule has 1 fully saturated rings. The first-order valence-electron chi connectivity index (χ1n) is 5.71. The molecule has 0 unspecified atom stereocenters. The van der Waals surface area contributed by atoms with Crippen molar-refractivity contribution in [2.45, 2.75) is 18.1 Å². The lowest BCUT2D eigenvalue weighted by Gasteiger charge is -2.12. The van der Waals surface area contributed by atoms with Crippen molar-refractivity contribution in [3.05, 3.63) is 29.8 Å². The van der Waals surface area contributed by atoms with Gasteiger partial charge in [-0.05, 0) is 18.1 Å². The molecule has 100 valence electrons. The fourth-order valence-corrected chi connectivity index (χ4v) is 3.34. The fraction of sp³-hybridized carbons (Fsp3) is 0.308. The van der Waals surface area contributed by atoms with Gasteiger partial charge in [0, 0.05) is 6.42 Å². The number of ketones is 1. The maximum Gasteiger partial charge on any atom is 0.341 e. The molecule has 2 rings (SSSR count). The van der Waals surface area contributed by atoms with E-state index in [1.165, 1.54) is 11.8 Å². The Labute approximate surface area is 120 Å². The summed E-state index contributed by atoms with van der Waals surface area (Å²) in [7, 11) is 0. The van der Waals surface area contributed by atoms with Crippen molar-refractivity contribution < 1.29 is 19.4 Å². The summed E-state index contributed by atoms with van der Waals surface area (Å²) in [4.78, 5) is 22.2. The van der Waals surface area contributed by atoms with Crippen molar-refractivity contribution in [2.24, 2.45) is 0 Å². The summed E-state index contributed by atoms with van der Waals surface area (Å²) < 4.78 is 5.94. The molecule has 0 spiro atoms.